The molecule has 0 aliphatic heterocycles. The second-order valence-corrected chi connectivity index (χ2v) is 4.33. The Hall–Kier alpha value is -1.25. The Labute approximate surface area is 103 Å². The Morgan fingerprint density at radius 2 is 1.69 bits per heavy atom. The van der Waals surface area contributed by atoms with E-state index in [1.165, 1.54) is 0 Å². The van der Waals surface area contributed by atoms with Gasteiger partial charge in [0.05, 0.1) is 11.4 Å². The fourth-order valence-corrected chi connectivity index (χ4v) is 1.94. The van der Waals surface area contributed by atoms with Gasteiger partial charge in [0.15, 0.2) is 0 Å². The summed E-state index contributed by atoms with van der Waals surface area (Å²) in [5, 5.41) is 10.5. The number of hydrogen-bond acceptors (Lipinski definition) is 2. The average molecular weight is 254 g/mol. The number of halogens is 2. The summed E-state index contributed by atoms with van der Waals surface area (Å²) in [6, 6.07) is 8.56. The lowest BCUT2D eigenvalue weighted by Crippen LogP contribution is -1.87. The van der Waals surface area contributed by atoms with E-state index in [4.69, 9.17) is 23.2 Å². The van der Waals surface area contributed by atoms with Crippen molar-refractivity contribution in [2.24, 2.45) is 0 Å². The third-order valence-corrected chi connectivity index (χ3v) is 2.65. The Morgan fingerprint density at radius 1 is 1.06 bits per heavy atom. The van der Waals surface area contributed by atoms with E-state index in [1.54, 1.807) is 37.3 Å². The van der Waals surface area contributed by atoms with Crippen LogP contribution in [0.1, 0.15) is 5.69 Å². The van der Waals surface area contributed by atoms with Crippen molar-refractivity contribution in [1.29, 1.82) is 0 Å². The van der Waals surface area contributed by atoms with Crippen LogP contribution in [0.5, 0.6) is 5.75 Å². The highest BCUT2D eigenvalue weighted by molar-refractivity contribution is 6.35. The molecule has 0 aliphatic carbocycles. The number of aromatic hydroxyl groups is 1. The first-order valence-electron chi connectivity index (χ1n) is 4.69. The molecule has 0 aliphatic rings. The van der Waals surface area contributed by atoms with Gasteiger partial charge in [-0.2, -0.15) is 0 Å². The number of aryl methyl sites for hydroxylation is 1. The van der Waals surface area contributed by atoms with Crippen LogP contribution in [0.15, 0.2) is 30.3 Å². The van der Waals surface area contributed by atoms with Crippen molar-refractivity contribution in [1.82, 2.24) is 4.98 Å². The van der Waals surface area contributed by atoms with Crippen LogP contribution >= 0.6 is 23.2 Å². The molecule has 2 rings (SSSR count). The molecule has 0 amide bonds. The largest absolute Gasteiger partial charge is 0.506 e. The standard InChI is InChI=1S/C12H9Cl2NO/c1-7-12(16)3-2-11(15-7)8-4-9(13)6-10(14)5-8/h2-6,16H,1H3. The monoisotopic (exact) mass is 253 g/mol. The van der Waals surface area contributed by atoms with Crippen LogP contribution in [0.3, 0.4) is 0 Å². The first kappa shape index (κ1) is 11.2. The van der Waals surface area contributed by atoms with E-state index in [0.717, 1.165) is 11.3 Å². The zero-order valence-electron chi connectivity index (χ0n) is 8.54. The van der Waals surface area contributed by atoms with Crippen molar-refractivity contribution in [3.05, 3.63) is 46.1 Å². The molecule has 0 unspecified atom stereocenters. The SMILES string of the molecule is Cc1nc(-c2cc(Cl)cc(Cl)c2)ccc1O. The molecule has 1 aromatic carbocycles. The van der Waals surface area contributed by atoms with Crippen molar-refractivity contribution in [2.45, 2.75) is 6.92 Å². The van der Waals surface area contributed by atoms with Crippen molar-refractivity contribution in [3.63, 3.8) is 0 Å². The van der Waals surface area contributed by atoms with E-state index in [9.17, 15) is 5.11 Å². The lowest BCUT2D eigenvalue weighted by Gasteiger charge is -2.05. The molecule has 2 aromatic rings. The molecule has 4 heteroatoms. The summed E-state index contributed by atoms with van der Waals surface area (Å²) >= 11 is 11.8. The minimum Gasteiger partial charge on any atom is -0.506 e. The highest BCUT2D eigenvalue weighted by Gasteiger charge is 2.05. The maximum absolute atomic E-state index is 9.39. The molecule has 2 nitrogen and oxygen atoms in total. The van der Waals surface area contributed by atoms with Gasteiger partial charge < -0.3 is 5.11 Å². The van der Waals surface area contributed by atoms with E-state index in [-0.39, 0.29) is 5.75 Å². The maximum atomic E-state index is 9.39. The van der Waals surface area contributed by atoms with Gasteiger partial charge in [-0.1, -0.05) is 23.2 Å². The summed E-state index contributed by atoms with van der Waals surface area (Å²) in [6.45, 7) is 1.74. The normalized spacial score (nSPS) is 10.4. The Morgan fingerprint density at radius 3 is 2.25 bits per heavy atom. The predicted molar refractivity (Wildman–Crippen MR) is 66.1 cm³/mol. The molecule has 0 spiro atoms. The molecule has 0 atom stereocenters. The smallest absolute Gasteiger partial charge is 0.136 e. The van der Waals surface area contributed by atoms with Gasteiger partial charge in [-0.3, -0.25) is 0 Å². The average Bonchev–Trinajstić information content (AvgIpc) is 2.20. The van der Waals surface area contributed by atoms with Crippen molar-refractivity contribution in [2.75, 3.05) is 0 Å². The molecule has 0 saturated heterocycles. The zero-order valence-corrected chi connectivity index (χ0v) is 10.0. The fraction of sp³-hybridized carbons (Fsp3) is 0.0833. The molecule has 82 valence electrons. The molecule has 1 N–H and O–H groups in total. The number of pyridine rings is 1. The van der Waals surface area contributed by atoms with Gasteiger partial charge in [0.1, 0.15) is 5.75 Å². The first-order valence-corrected chi connectivity index (χ1v) is 5.45. The number of nitrogens with zero attached hydrogens (tertiary/aromatic N) is 1. The zero-order chi connectivity index (χ0) is 11.7. The lowest BCUT2D eigenvalue weighted by molar-refractivity contribution is 0.468. The van der Waals surface area contributed by atoms with Crippen molar-refractivity contribution < 1.29 is 5.11 Å². The summed E-state index contributed by atoms with van der Waals surface area (Å²) in [7, 11) is 0. The van der Waals surface area contributed by atoms with Crippen LogP contribution in [0.4, 0.5) is 0 Å². The molecular formula is C12H9Cl2NO. The lowest BCUT2D eigenvalue weighted by atomic mass is 10.1. The summed E-state index contributed by atoms with van der Waals surface area (Å²) in [4.78, 5) is 4.26. The number of aromatic nitrogens is 1. The van der Waals surface area contributed by atoms with Crippen LogP contribution < -0.4 is 0 Å². The highest BCUT2D eigenvalue weighted by atomic mass is 35.5. The van der Waals surface area contributed by atoms with Gasteiger partial charge in [0.25, 0.3) is 0 Å². The van der Waals surface area contributed by atoms with E-state index in [2.05, 4.69) is 4.98 Å². The van der Waals surface area contributed by atoms with E-state index in [1.807, 2.05) is 0 Å². The molecule has 0 fully saturated rings. The molecular weight excluding hydrogens is 245 g/mol. The Kier molecular flexibility index (Phi) is 3.03. The minimum absolute atomic E-state index is 0.178. The first-order chi connectivity index (χ1) is 7.56. The second kappa shape index (κ2) is 4.32. The third kappa shape index (κ3) is 2.29. The molecule has 0 saturated carbocycles. The van der Waals surface area contributed by atoms with Gasteiger partial charge in [-0.05, 0) is 37.3 Å². The van der Waals surface area contributed by atoms with Gasteiger partial charge in [0, 0.05) is 15.6 Å². The topological polar surface area (TPSA) is 33.1 Å². The summed E-state index contributed by atoms with van der Waals surface area (Å²) in [5.74, 6) is 0.178. The number of benzene rings is 1. The van der Waals surface area contributed by atoms with Crippen LogP contribution in [0.2, 0.25) is 10.0 Å². The molecule has 1 aromatic heterocycles. The second-order valence-electron chi connectivity index (χ2n) is 3.46. The maximum Gasteiger partial charge on any atom is 0.136 e. The minimum atomic E-state index is 0.178. The van der Waals surface area contributed by atoms with Gasteiger partial charge in [0.2, 0.25) is 0 Å². The van der Waals surface area contributed by atoms with Crippen molar-refractivity contribution >= 4 is 23.2 Å². The summed E-state index contributed by atoms with van der Waals surface area (Å²) < 4.78 is 0. The predicted octanol–water partition coefficient (Wildman–Crippen LogP) is 4.07. The number of hydrogen-bond donors (Lipinski definition) is 1. The van der Waals surface area contributed by atoms with Crippen LogP contribution in [-0.2, 0) is 0 Å². The van der Waals surface area contributed by atoms with Crippen LogP contribution in [-0.4, -0.2) is 10.1 Å². The van der Waals surface area contributed by atoms with E-state index >= 15 is 0 Å². The van der Waals surface area contributed by atoms with Crippen LogP contribution in [0.25, 0.3) is 11.3 Å². The van der Waals surface area contributed by atoms with Crippen molar-refractivity contribution in [3.8, 4) is 17.0 Å². The molecule has 0 radical (unpaired) electrons. The highest BCUT2D eigenvalue weighted by Crippen LogP contribution is 2.27. The molecule has 0 bridgehead atoms. The van der Waals surface area contributed by atoms with Gasteiger partial charge in [-0.25, -0.2) is 4.98 Å². The Bertz CT molecular complexity index is 520. The third-order valence-electron chi connectivity index (χ3n) is 2.22. The van der Waals surface area contributed by atoms with E-state index in [0.29, 0.717) is 15.7 Å². The number of rotatable bonds is 1. The van der Waals surface area contributed by atoms with Gasteiger partial charge >= 0.3 is 0 Å². The van der Waals surface area contributed by atoms with Gasteiger partial charge in [-0.15, -0.1) is 0 Å². The quantitative estimate of drug-likeness (QED) is 0.832. The Balaban J connectivity index is 2.54. The fourth-order valence-electron chi connectivity index (χ4n) is 1.42. The summed E-state index contributed by atoms with van der Waals surface area (Å²) in [5.41, 5.74) is 2.15. The molecule has 16 heavy (non-hydrogen) atoms. The van der Waals surface area contributed by atoms with E-state index < -0.39 is 0 Å². The summed E-state index contributed by atoms with van der Waals surface area (Å²) in [6.07, 6.45) is 0. The van der Waals surface area contributed by atoms with Crippen LogP contribution in [0, 0.1) is 6.92 Å². The molecule has 1 heterocycles.